The van der Waals surface area contributed by atoms with Crippen molar-refractivity contribution in [2.75, 3.05) is 11.1 Å². The molecule has 0 unspecified atom stereocenters. The fraction of sp³-hybridized carbons (Fsp3) is 0.0526. The summed E-state index contributed by atoms with van der Waals surface area (Å²) >= 11 is 1.35. The van der Waals surface area contributed by atoms with E-state index in [1.165, 1.54) is 11.8 Å². The molecule has 0 atom stereocenters. The highest BCUT2D eigenvalue weighted by atomic mass is 32.2. The summed E-state index contributed by atoms with van der Waals surface area (Å²) in [6.45, 7) is 0. The van der Waals surface area contributed by atoms with Gasteiger partial charge in [-0.15, -0.1) is 5.10 Å². The third-order valence-electron chi connectivity index (χ3n) is 3.62. The van der Waals surface area contributed by atoms with E-state index in [2.05, 4.69) is 20.5 Å². The van der Waals surface area contributed by atoms with Gasteiger partial charge in [-0.1, -0.05) is 59.3 Å². The number of anilines is 1. The van der Waals surface area contributed by atoms with Crippen molar-refractivity contribution < 1.29 is 9.21 Å². The fourth-order valence-electron chi connectivity index (χ4n) is 2.39. The number of aromatic nitrogens is 3. The van der Waals surface area contributed by atoms with Crippen molar-refractivity contribution in [1.29, 1.82) is 0 Å². The Bertz CT molecular complexity index is 1050. The standard InChI is InChI=1S/C19H14N4O2S/c24-16(12-26-17-11-10-13-6-4-5-9-15(13)20-17)21-19-23-22-18(25-19)14-7-2-1-3-8-14/h1-11H,12H2,(H,21,23,24). The number of pyridine rings is 1. The molecule has 0 fully saturated rings. The molecule has 1 amide bonds. The summed E-state index contributed by atoms with van der Waals surface area (Å²) in [4.78, 5) is 16.6. The second-order valence-corrected chi connectivity index (χ2v) is 6.45. The molecule has 26 heavy (non-hydrogen) atoms. The lowest BCUT2D eigenvalue weighted by atomic mass is 10.2. The summed E-state index contributed by atoms with van der Waals surface area (Å²) in [7, 11) is 0. The first-order chi connectivity index (χ1) is 12.8. The topological polar surface area (TPSA) is 80.9 Å². The van der Waals surface area contributed by atoms with Gasteiger partial charge < -0.3 is 4.42 Å². The molecule has 1 N–H and O–H groups in total. The quantitative estimate of drug-likeness (QED) is 0.540. The van der Waals surface area contributed by atoms with Crippen molar-refractivity contribution in [2.45, 2.75) is 5.03 Å². The van der Waals surface area contributed by atoms with Crippen LogP contribution in [-0.2, 0) is 4.79 Å². The number of para-hydroxylation sites is 1. The van der Waals surface area contributed by atoms with E-state index in [1.807, 2.05) is 66.7 Å². The number of hydrogen-bond acceptors (Lipinski definition) is 6. The second kappa shape index (κ2) is 7.37. The number of carbonyl (C=O) groups is 1. The van der Waals surface area contributed by atoms with Crippen LogP contribution >= 0.6 is 11.8 Å². The van der Waals surface area contributed by atoms with Crippen molar-refractivity contribution in [3.63, 3.8) is 0 Å². The van der Waals surface area contributed by atoms with Gasteiger partial charge in [0.05, 0.1) is 16.3 Å². The first-order valence-electron chi connectivity index (χ1n) is 7.95. The van der Waals surface area contributed by atoms with Crippen molar-refractivity contribution in [3.05, 3.63) is 66.7 Å². The normalized spacial score (nSPS) is 10.8. The molecule has 0 bridgehead atoms. The Labute approximate surface area is 153 Å². The zero-order chi connectivity index (χ0) is 17.8. The van der Waals surface area contributed by atoms with Crippen molar-refractivity contribution in [2.24, 2.45) is 0 Å². The summed E-state index contributed by atoms with van der Waals surface area (Å²) in [6, 6.07) is 21.2. The predicted molar refractivity (Wildman–Crippen MR) is 101 cm³/mol. The van der Waals surface area contributed by atoms with Crippen LogP contribution in [0, 0.1) is 0 Å². The molecule has 2 heterocycles. The number of carbonyl (C=O) groups excluding carboxylic acids is 1. The molecule has 4 rings (SSSR count). The summed E-state index contributed by atoms with van der Waals surface area (Å²) in [5.41, 5.74) is 1.71. The largest absolute Gasteiger partial charge is 0.403 e. The Morgan fingerprint density at radius 3 is 2.65 bits per heavy atom. The third-order valence-corrected chi connectivity index (χ3v) is 4.55. The van der Waals surface area contributed by atoms with E-state index in [1.54, 1.807) is 0 Å². The van der Waals surface area contributed by atoms with Crippen LogP contribution in [0.3, 0.4) is 0 Å². The molecule has 0 radical (unpaired) electrons. The van der Waals surface area contributed by atoms with Crippen LogP contribution in [0.25, 0.3) is 22.4 Å². The highest BCUT2D eigenvalue weighted by Gasteiger charge is 2.11. The van der Waals surface area contributed by atoms with Crippen LogP contribution in [0.4, 0.5) is 6.01 Å². The highest BCUT2D eigenvalue weighted by molar-refractivity contribution is 7.99. The Balaban J connectivity index is 1.37. The highest BCUT2D eigenvalue weighted by Crippen LogP contribution is 2.21. The lowest BCUT2D eigenvalue weighted by Gasteiger charge is -2.02. The second-order valence-electron chi connectivity index (χ2n) is 5.46. The van der Waals surface area contributed by atoms with E-state index in [0.29, 0.717) is 5.89 Å². The van der Waals surface area contributed by atoms with Crippen molar-refractivity contribution in [1.82, 2.24) is 15.2 Å². The number of fused-ring (bicyclic) bond motifs is 1. The minimum Gasteiger partial charge on any atom is -0.403 e. The van der Waals surface area contributed by atoms with Gasteiger partial charge >= 0.3 is 6.01 Å². The van der Waals surface area contributed by atoms with Crippen LogP contribution in [0.5, 0.6) is 0 Å². The van der Waals surface area contributed by atoms with Crippen molar-refractivity contribution in [3.8, 4) is 11.5 Å². The van der Waals surface area contributed by atoms with E-state index in [4.69, 9.17) is 4.42 Å². The fourth-order valence-corrected chi connectivity index (χ4v) is 3.07. The van der Waals surface area contributed by atoms with Crippen molar-refractivity contribution >= 4 is 34.6 Å². The first kappa shape index (κ1) is 16.3. The zero-order valence-electron chi connectivity index (χ0n) is 13.6. The summed E-state index contributed by atoms with van der Waals surface area (Å²) < 4.78 is 5.47. The SMILES string of the molecule is O=C(CSc1ccc2ccccc2n1)Nc1nnc(-c2ccccc2)o1. The van der Waals surface area contributed by atoms with Gasteiger partial charge in [0.2, 0.25) is 11.8 Å². The predicted octanol–water partition coefficient (Wildman–Crippen LogP) is 4.02. The maximum absolute atomic E-state index is 12.1. The average Bonchev–Trinajstić information content (AvgIpc) is 3.15. The number of rotatable bonds is 5. The molecule has 0 saturated heterocycles. The Kier molecular flexibility index (Phi) is 4.61. The molecular weight excluding hydrogens is 348 g/mol. The number of nitrogens with one attached hydrogen (secondary N) is 1. The number of thioether (sulfide) groups is 1. The molecule has 7 heteroatoms. The van der Waals surface area contributed by atoms with Gasteiger partial charge in [-0.2, -0.15) is 0 Å². The van der Waals surface area contributed by atoms with Crippen LogP contribution in [0.2, 0.25) is 0 Å². The molecule has 2 aromatic heterocycles. The smallest absolute Gasteiger partial charge is 0.322 e. The number of benzene rings is 2. The monoisotopic (exact) mass is 362 g/mol. The van der Waals surface area contributed by atoms with Gasteiger partial charge in [-0.3, -0.25) is 10.1 Å². The van der Waals surface area contributed by atoms with Gasteiger partial charge in [-0.05, 0) is 24.3 Å². The summed E-state index contributed by atoms with van der Waals surface area (Å²) in [6.07, 6.45) is 0. The van der Waals surface area contributed by atoms with E-state index in [0.717, 1.165) is 21.5 Å². The molecule has 0 aliphatic rings. The Morgan fingerprint density at radius 1 is 0.962 bits per heavy atom. The van der Waals surface area contributed by atoms with E-state index < -0.39 is 0 Å². The van der Waals surface area contributed by atoms with Gasteiger partial charge in [-0.25, -0.2) is 4.98 Å². The summed E-state index contributed by atoms with van der Waals surface area (Å²) in [5, 5.41) is 12.3. The van der Waals surface area contributed by atoms with Crippen LogP contribution in [0.1, 0.15) is 0 Å². The van der Waals surface area contributed by atoms with E-state index in [9.17, 15) is 4.79 Å². The molecule has 0 aliphatic carbocycles. The molecule has 4 aromatic rings. The molecule has 0 spiro atoms. The number of hydrogen-bond donors (Lipinski definition) is 1. The molecule has 128 valence electrons. The van der Waals surface area contributed by atoms with Gasteiger partial charge in [0.15, 0.2) is 0 Å². The minimum atomic E-state index is -0.228. The van der Waals surface area contributed by atoms with Crippen LogP contribution < -0.4 is 5.32 Å². The summed E-state index contributed by atoms with van der Waals surface area (Å²) in [5.74, 6) is 0.340. The molecule has 2 aromatic carbocycles. The van der Waals surface area contributed by atoms with E-state index >= 15 is 0 Å². The van der Waals surface area contributed by atoms with Gasteiger partial charge in [0, 0.05) is 10.9 Å². The van der Waals surface area contributed by atoms with Gasteiger partial charge in [0.1, 0.15) is 0 Å². The average molecular weight is 362 g/mol. The molecule has 6 nitrogen and oxygen atoms in total. The Hall–Kier alpha value is -3.19. The van der Waals surface area contributed by atoms with Crippen LogP contribution in [-0.4, -0.2) is 26.8 Å². The first-order valence-corrected chi connectivity index (χ1v) is 8.94. The third kappa shape index (κ3) is 3.73. The lowest BCUT2D eigenvalue weighted by molar-refractivity contribution is -0.113. The maximum atomic E-state index is 12.1. The number of amides is 1. The minimum absolute atomic E-state index is 0.0842. The van der Waals surface area contributed by atoms with Crippen LogP contribution in [0.15, 0.2) is 76.2 Å². The Morgan fingerprint density at radius 2 is 1.77 bits per heavy atom. The molecule has 0 saturated carbocycles. The van der Waals surface area contributed by atoms with Gasteiger partial charge in [0.25, 0.3) is 0 Å². The molecular formula is C19H14N4O2S. The molecule has 0 aliphatic heterocycles. The van der Waals surface area contributed by atoms with E-state index in [-0.39, 0.29) is 17.7 Å². The number of nitrogens with zero attached hydrogens (tertiary/aromatic N) is 3. The maximum Gasteiger partial charge on any atom is 0.322 e. The zero-order valence-corrected chi connectivity index (χ0v) is 14.4. The lowest BCUT2D eigenvalue weighted by Crippen LogP contribution is -2.14.